The largest absolute Gasteiger partial charge is 0.480 e. The first-order valence-corrected chi connectivity index (χ1v) is 11.5. The molecule has 37 heavy (non-hydrogen) atoms. The van der Waals surface area contributed by atoms with Gasteiger partial charge in [-0.15, -0.1) is 0 Å². The molecule has 0 saturated heterocycles. The van der Waals surface area contributed by atoms with Gasteiger partial charge < -0.3 is 55.5 Å². The van der Waals surface area contributed by atoms with Crippen LogP contribution in [0.15, 0.2) is 4.99 Å². The number of nitrogens with zero attached hydrogens (tertiary/aromatic N) is 1. The average molecular weight is 531 g/mol. The van der Waals surface area contributed by atoms with Gasteiger partial charge in [-0.3, -0.25) is 29.0 Å². The number of guanidine groups is 1. The second-order valence-electron chi connectivity index (χ2n) is 8.20. The van der Waals surface area contributed by atoms with E-state index in [1.165, 1.54) is 0 Å². The maximum absolute atomic E-state index is 13.0. The number of primary amides is 2. The molecule has 0 saturated carbocycles. The van der Waals surface area contributed by atoms with Crippen molar-refractivity contribution in [2.24, 2.45) is 39.4 Å². The molecule has 0 aliphatic rings. The summed E-state index contributed by atoms with van der Waals surface area (Å²) in [5, 5.41) is 16.0. The van der Waals surface area contributed by atoms with Gasteiger partial charge in [0.05, 0.1) is 18.9 Å². The molecule has 17 heteroatoms. The maximum atomic E-state index is 13.0. The standard InChI is InChI=1S/C20H38N10O7/c21-6-2-1-5-11(28-16(33)10(22)4-3-7-27-20(25)26)17(34)29-12(8-14(23)31)18(35)30-13(19(36)37)9-15(24)32/h10-13H,1-9,21-22H2,(H2,23,31)(H2,24,32)(H,28,33)(H,29,34)(H,30,35)(H,36,37)(H4,25,26,27). The minimum Gasteiger partial charge on any atom is -0.480 e. The summed E-state index contributed by atoms with van der Waals surface area (Å²) in [5.74, 6) is -6.23. The van der Waals surface area contributed by atoms with E-state index in [4.69, 9.17) is 34.4 Å². The van der Waals surface area contributed by atoms with E-state index in [0.717, 1.165) is 0 Å². The molecule has 0 spiro atoms. The van der Waals surface area contributed by atoms with Gasteiger partial charge in [0, 0.05) is 6.54 Å². The number of aliphatic carboxylic acids is 1. The fourth-order valence-electron chi connectivity index (χ4n) is 3.05. The zero-order chi connectivity index (χ0) is 28.5. The van der Waals surface area contributed by atoms with E-state index in [1.54, 1.807) is 0 Å². The van der Waals surface area contributed by atoms with Gasteiger partial charge in [-0.25, -0.2) is 4.79 Å². The lowest BCUT2D eigenvalue weighted by molar-refractivity contribution is -0.144. The summed E-state index contributed by atoms with van der Waals surface area (Å²) in [6.45, 7) is 0.580. The highest BCUT2D eigenvalue weighted by atomic mass is 16.4. The van der Waals surface area contributed by atoms with E-state index in [-0.39, 0.29) is 25.3 Å². The van der Waals surface area contributed by atoms with Crippen LogP contribution in [0.5, 0.6) is 0 Å². The van der Waals surface area contributed by atoms with Gasteiger partial charge >= 0.3 is 5.97 Å². The van der Waals surface area contributed by atoms with Crippen LogP contribution < -0.4 is 50.4 Å². The van der Waals surface area contributed by atoms with Crippen LogP contribution in [0.2, 0.25) is 0 Å². The van der Waals surface area contributed by atoms with Crippen LogP contribution in [0.4, 0.5) is 0 Å². The van der Waals surface area contributed by atoms with Crippen LogP contribution in [0.3, 0.4) is 0 Å². The highest BCUT2D eigenvalue weighted by molar-refractivity contribution is 5.96. The Kier molecular flexibility index (Phi) is 15.6. The number of nitrogens with two attached hydrogens (primary N) is 6. The second-order valence-corrected chi connectivity index (χ2v) is 8.20. The van der Waals surface area contributed by atoms with Gasteiger partial charge in [-0.1, -0.05) is 0 Å². The van der Waals surface area contributed by atoms with E-state index >= 15 is 0 Å². The Morgan fingerprint density at radius 2 is 1.22 bits per heavy atom. The molecule has 4 unspecified atom stereocenters. The SMILES string of the molecule is NCCCCC(NC(=O)C(N)CCCN=C(N)N)C(=O)NC(CC(N)=O)C(=O)NC(CC(N)=O)C(=O)O. The van der Waals surface area contributed by atoms with Crippen molar-refractivity contribution < 1.29 is 33.9 Å². The number of unbranched alkanes of at least 4 members (excludes halogenated alkanes) is 1. The summed E-state index contributed by atoms with van der Waals surface area (Å²) >= 11 is 0. The van der Waals surface area contributed by atoms with E-state index in [1.807, 2.05) is 5.32 Å². The molecular formula is C20H38N10O7. The molecule has 0 aromatic heterocycles. The number of carboxylic acid groups (broad SMARTS) is 1. The Morgan fingerprint density at radius 1 is 0.703 bits per heavy atom. The van der Waals surface area contributed by atoms with Crippen LogP contribution in [-0.2, 0) is 28.8 Å². The first-order valence-electron chi connectivity index (χ1n) is 11.5. The van der Waals surface area contributed by atoms with Crippen molar-refractivity contribution in [3.63, 3.8) is 0 Å². The highest BCUT2D eigenvalue weighted by Crippen LogP contribution is 2.05. The molecule has 16 N–H and O–H groups in total. The van der Waals surface area contributed by atoms with Crippen LogP contribution in [0.25, 0.3) is 0 Å². The normalized spacial score (nSPS) is 13.8. The van der Waals surface area contributed by atoms with Gasteiger partial charge in [-0.2, -0.15) is 0 Å². The van der Waals surface area contributed by atoms with Crippen molar-refractivity contribution in [1.82, 2.24) is 16.0 Å². The zero-order valence-electron chi connectivity index (χ0n) is 20.5. The molecule has 0 aliphatic heterocycles. The molecular weight excluding hydrogens is 492 g/mol. The fraction of sp³-hybridized carbons (Fsp3) is 0.650. The summed E-state index contributed by atoms with van der Waals surface area (Å²) in [6, 6.07) is -5.45. The number of rotatable bonds is 19. The summed E-state index contributed by atoms with van der Waals surface area (Å²) < 4.78 is 0. The van der Waals surface area contributed by atoms with Gasteiger partial charge in [0.15, 0.2) is 5.96 Å². The minimum atomic E-state index is -1.70. The van der Waals surface area contributed by atoms with Crippen molar-refractivity contribution in [2.45, 2.75) is 69.1 Å². The molecule has 0 rings (SSSR count). The molecule has 0 aliphatic carbocycles. The van der Waals surface area contributed by atoms with Crippen LogP contribution in [0.1, 0.15) is 44.9 Å². The molecule has 0 fully saturated rings. The first-order chi connectivity index (χ1) is 17.3. The van der Waals surface area contributed by atoms with Gasteiger partial charge in [0.25, 0.3) is 0 Å². The number of amides is 5. The summed E-state index contributed by atoms with van der Waals surface area (Å²) in [6.07, 6.45) is 0.283. The molecule has 17 nitrogen and oxygen atoms in total. The van der Waals surface area contributed by atoms with E-state index in [2.05, 4.69) is 15.6 Å². The van der Waals surface area contributed by atoms with E-state index in [0.29, 0.717) is 25.8 Å². The molecule has 0 aromatic rings. The molecule has 0 heterocycles. The van der Waals surface area contributed by atoms with Crippen molar-refractivity contribution >= 4 is 41.5 Å². The number of aliphatic imine (C=N–C) groups is 1. The fourth-order valence-corrected chi connectivity index (χ4v) is 3.05. The third-order valence-corrected chi connectivity index (χ3v) is 4.94. The Labute approximate surface area is 213 Å². The van der Waals surface area contributed by atoms with E-state index < -0.39 is 72.5 Å². The lowest BCUT2D eigenvalue weighted by atomic mass is 10.1. The van der Waals surface area contributed by atoms with E-state index in [9.17, 15) is 33.9 Å². The summed E-state index contributed by atoms with van der Waals surface area (Å²) in [4.78, 5) is 75.8. The smallest absolute Gasteiger partial charge is 0.326 e. The van der Waals surface area contributed by atoms with Crippen LogP contribution in [-0.4, -0.2) is 83.8 Å². The third-order valence-electron chi connectivity index (χ3n) is 4.94. The number of hydrogen-bond acceptors (Lipinski definition) is 9. The Hall–Kier alpha value is -3.99. The van der Waals surface area contributed by atoms with Crippen molar-refractivity contribution in [1.29, 1.82) is 0 Å². The van der Waals surface area contributed by atoms with Crippen LogP contribution in [0, 0.1) is 0 Å². The molecule has 4 atom stereocenters. The third kappa shape index (κ3) is 14.9. The lowest BCUT2D eigenvalue weighted by Crippen LogP contribution is -2.58. The molecule has 5 amide bonds. The zero-order valence-corrected chi connectivity index (χ0v) is 20.5. The molecule has 0 bridgehead atoms. The Bertz CT molecular complexity index is 847. The maximum Gasteiger partial charge on any atom is 0.326 e. The first kappa shape index (κ1) is 33.0. The van der Waals surface area contributed by atoms with Gasteiger partial charge in [0.2, 0.25) is 29.5 Å². The average Bonchev–Trinajstić information content (AvgIpc) is 2.79. The quantitative estimate of drug-likeness (QED) is 0.0427. The monoisotopic (exact) mass is 530 g/mol. The molecule has 210 valence electrons. The predicted molar refractivity (Wildman–Crippen MR) is 132 cm³/mol. The summed E-state index contributed by atoms with van der Waals surface area (Å²) in [5.41, 5.74) is 32.0. The minimum absolute atomic E-state index is 0.103. The summed E-state index contributed by atoms with van der Waals surface area (Å²) in [7, 11) is 0. The van der Waals surface area contributed by atoms with Crippen molar-refractivity contribution in [3.8, 4) is 0 Å². The Morgan fingerprint density at radius 3 is 1.73 bits per heavy atom. The second kappa shape index (κ2) is 17.4. The van der Waals surface area contributed by atoms with Gasteiger partial charge in [-0.05, 0) is 38.6 Å². The lowest BCUT2D eigenvalue weighted by Gasteiger charge is -2.24. The van der Waals surface area contributed by atoms with Crippen molar-refractivity contribution in [2.75, 3.05) is 13.1 Å². The highest BCUT2D eigenvalue weighted by Gasteiger charge is 2.31. The number of carbonyl (C=O) groups is 6. The van der Waals surface area contributed by atoms with Gasteiger partial charge in [0.1, 0.15) is 18.1 Å². The molecule has 0 aromatic carbocycles. The molecule has 0 radical (unpaired) electrons. The number of hydrogen-bond donors (Lipinski definition) is 10. The Balaban J connectivity index is 5.47. The van der Waals surface area contributed by atoms with Crippen molar-refractivity contribution in [3.05, 3.63) is 0 Å². The van der Waals surface area contributed by atoms with Crippen LogP contribution >= 0.6 is 0 Å². The number of carbonyl (C=O) groups excluding carboxylic acids is 5. The number of carboxylic acids is 1. The predicted octanol–water partition coefficient (Wildman–Crippen LogP) is -5.21. The number of nitrogens with one attached hydrogen (secondary N) is 3. The topological polar surface area (TPSA) is 327 Å².